The van der Waals surface area contributed by atoms with E-state index in [-0.39, 0.29) is 72.0 Å². The summed E-state index contributed by atoms with van der Waals surface area (Å²) in [4.78, 5) is 74.7. The summed E-state index contributed by atoms with van der Waals surface area (Å²) in [6.07, 6.45) is 2.00. The van der Waals surface area contributed by atoms with Crippen LogP contribution in [0, 0.1) is 23.7 Å². The first-order valence-electron chi connectivity index (χ1n) is 24.5. The molecule has 2 amide bonds. The van der Waals surface area contributed by atoms with Crippen molar-refractivity contribution < 1.29 is 48.0 Å². The van der Waals surface area contributed by atoms with E-state index in [9.17, 15) is 33.8 Å². The SMILES string of the molecule is COC(=O)[C@@H](Cc1ccccc1)NC(=O)[C@H](NB(C)O)[C@H](C)c1ccccc1.COC(=O)[C@H](CC(=O)[C@@H](Cc1ccccc1)NC(=O)[C@H](C)[C@H](C)c1ccccc1)CC(C)C.COC(=O)[C@H](N)CC(C)C.Cl. The van der Waals surface area contributed by atoms with Crippen LogP contribution in [0.1, 0.15) is 102 Å². The Morgan fingerprint density at radius 2 is 0.958 bits per heavy atom. The maximum absolute atomic E-state index is 13.3. The zero-order chi connectivity index (χ0) is 53.0. The molecule has 72 heavy (non-hydrogen) atoms. The Hall–Kier alpha value is -5.87. The van der Waals surface area contributed by atoms with Crippen molar-refractivity contribution in [3.05, 3.63) is 144 Å². The lowest BCUT2D eigenvalue weighted by Crippen LogP contribution is -2.55. The molecule has 4 rings (SSSR count). The van der Waals surface area contributed by atoms with Crippen LogP contribution in [0.25, 0.3) is 0 Å². The lowest BCUT2D eigenvalue weighted by molar-refractivity contribution is -0.148. The summed E-state index contributed by atoms with van der Waals surface area (Å²) in [5.41, 5.74) is 9.35. The average Bonchev–Trinajstić information content (AvgIpc) is 3.36. The van der Waals surface area contributed by atoms with Crippen LogP contribution in [0.15, 0.2) is 121 Å². The highest BCUT2D eigenvalue weighted by Crippen LogP contribution is 2.25. The van der Waals surface area contributed by atoms with Crippen molar-refractivity contribution in [2.45, 2.75) is 123 Å². The molecule has 0 saturated heterocycles. The van der Waals surface area contributed by atoms with Crippen molar-refractivity contribution in [1.82, 2.24) is 15.9 Å². The zero-order valence-corrected chi connectivity index (χ0v) is 44.9. The van der Waals surface area contributed by atoms with Crippen LogP contribution in [0.2, 0.25) is 6.82 Å². The summed E-state index contributed by atoms with van der Waals surface area (Å²) < 4.78 is 14.3. The minimum Gasteiger partial charge on any atom is -0.469 e. The molecule has 0 aliphatic heterocycles. The Kier molecular flexibility index (Phi) is 30.7. The number of ketones is 1. The summed E-state index contributed by atoms with van der Waals surface area (Å²) in [5.74, 6) is -2.27. The number of rotatable bonds is 24. The monoisotopic (exact) mass is 1010 g/mol. The number of carbonyl (C=O) groups is 6. The van der Waals surface area contributed by atoms with Crippen LogP contribution in [0.4, 0.5) is 0 Å². The average molecular weight is 1020 g/mol. The van der Waals surface area contributed by atoms with Crippen molar-refractivity contribution in [3.63, 3.8) is 0 Å². The third kappa shape index (κ3) is 23.6. The molecule has 0 unspecified atom stereocenters. The Bertz CT molecular complexity index is 2190. The van der Waals surface area contributed by atoms with E-state index in [4.69, 9.17) is 15.2 Å². The molecule has 394 valence electrons. The summed E-state index contributed by atoms with van der Waals surface area (Å²) in [6, 6.07) is 35.8. The predicted octanol–water partition coefficient (Wildman–Crippen LogP) is 7.66. The Balaban J connectivity index is 0.000000603. The quantitative estimate of drug-likeness (QED) is 0.0260. The van der Waals surface area contributed by atoms with Crippen molar-refractivity contribution in [3.8, 4) is 0 Å². The predicted molar refractivity (Wildman–Crippen MR) is 287 cm³/mol. The molecule has 0 spiro atoms. The highest BCUT2D eigenvalue weighted by atomic mass is 35.5. The normalized spacial score (nSPS) is 14.0. The molecule has 0 saturated carbocycles. The number of nitrogens with one attached hydrogen (secondary N) is 3. The van der Waals surface area contributed by atoms with Crippen LogP contribution in [-0.2, 0) is 55.8 Å². The molecule has 0 aliphatic carbocycles. The lowest BCUT2D eigenvalue weighted by Gasteiger charge is -2.27. The Labute approximate surface area is 434 Å². The van der Waals surface area contributed by atoms with Gasteiger partial charge in [0.2, 0.25) is 11.8 Å². The van der Waals surface area contributed by atoms with Gasteiger partial charge in [-0.1, -0.05) is 170 Å². The molecule has 4 aromatic rings. The highest BCUT2D eigenvalue weighted by molar-refractivity contribution is 6.46. The lowest BCUT2D eigenvalue weighted by atomic mass is 9.82. The van der Waals surface area contributed by atoms with E-state index >= 15 is 0 Å². The van der Waals surface area contributed by atoms with Gasteiger partial charge in [-0.15, -0.1) is 12.4 Å². The number of hydrogen-bond donors (Lipinski definition) is 5. The number of carbonyl (C=O) groups excluding carboxylic acids is 6. The maximum Gasteiger partial charge on any atom is 0.374 e. The second kappa shape index (κ2) is 34.5. The van der Waals surface area contributed by atoms with E-state index in [0.29, 0.717) is 31.6 Å². The van der Waals surface area contributed by atoms with Gasteiger partial charge in [0.05, 0.1) is 39.3 Å². The van der Waals surface area contributed by atoms with E-state index in [0.717, 1.165) is 22.3 Å². The molecule has 14 nitrogen and oxygen atoms in total. The van der Waals surface area contributed by atoms with Crippen molar-refractivity contribution in [1.29, 1.82) is 0 Å². The third-order valence-electron chi connectivity index (χ3n) is 12.1. The van der Waals surface area contributed by atoms with E-state index in [1.165, 1.54) is 21.3 Å². The van der Waals surface area contributed by atoms with Crippen LogP contribution in [0.5, 0.6) is 0 Å². The molecule has 0 heterocycles. The first kappa shape index (κ1) is 64.2. The third-order valence-corrected chi connectivity index (χ3v) is 12.1. The first-order chi connectivity index (χ1) is 33.7. The van der Waals surface area contributed by atoms with Crippen LogP contribution >= 0.6 is 12.4 Å². The summed E-state index contributed by atoms with van der Waals surface area (Å²) in [7, 11) is 3.11. The van der Waals surface area contributed by atoms with Gasteiger partial charge < -0.3 is 40.8 Å². The number of methoxy groups -OCH3 is 3. The minimum atomic E-state index is -0.882. The van der Waals surface area contributed by atoms with Gasteiger partial charge in [0.25, 0.3) is 0 Å². The van der Waals surface area contributed by atoms with Crippen molar-refractivity contribution in [2.75, 3.05) is 21.3 Å². The van der Waals surface area contributed by atoms with E-state index in [1.54, 1.807) is 6.82 Å². The molecular formula is C56H80BClN4O10. The van der Waals surface area contributed by atoms with Gasteiger partial charge in [-0.05, 0) is 66.1 Å². The second-order valence-electron chi connectivity index (χ2n) is 18.8. The number of benzene rings is 4. The van der Waals surface area contributed by atoms with Gasteiger partial charge in [0, 0.05) is 24.7 Å². The molecule has 8 atom stereocenters. The molecule has 0 aliphatic rings. The van der Waals surface area contributed by atoms with Gasteiger partial charge in [0.1, 0.15) is 12.1 Å². The summed E-state index contributed by atoms with van der Waals surface area (Å²) in [6.45, 7) is 15.4. The highest BCUT2D eigenvalue weighted by Gasteiger charge is 2.33. The number of nitrogens with two attached hydrogens (primary N) is 1. The van der Waals surface area contributed by atoms with Gasteiger partial charge in [-0.2, -0.15) is 0 Å². The van der Waals surface area contributed by atoms with Gasteiger partial charge >= 0.3 is 25.0 Å². The molecule has 6 N–H and O–H groups in total. The van der Waals surface area contributed by atoms with Gasteiger partial charge in [-0.25, -0.2) is 4.79 Å². The number of amides is 2. The minimum absolute atomic E-state index is 0. The molecule has 0 bridgehead atoms. The smallest absolute Gasteiger partial charge is 0.374 e. The number of Topliss-reactive ketones (excluding diaryl/α,β-unsaturated/α-hetero) is 1. The van der Waals surface area contributed by atoms with Crippen LogP contribution in [0.3, 0.4) is 0 Å². The largest absolute Gasteiger partial charge is 0.469 e. The molecule has 0 fully saturated rings. The number of esters is 3. The fraction of sp³-hybridized carbons (Fsp3) is 0.464. The fourth-order valence-electron chi connectivity index (χ4n) is 7.91. The van der Waals surface area contributed by atoms with Crippen molar-refractivity contribution >= 4 is 55.0 Å². The number of hydrogen-bond acceptors (Lipinski definition) is 12. The number of ether oxygens (including phenoxy) is 3. The fourth-order valence-corrected chi connectivity index (χ4v) is 7.91. The molecule has 16 heteroatoms. The van der Waals surface area contributed by atoms with Gasteiger partial charge in [0.15, 0.2) is 5.78 Å². The van der Waals surface area contributed by atoms with Crippen molar-refractivity contribution in [2.24, 2.45) is 29.4 Å². The topological polar surface area (TPSA) is 212 Å². The summed E-state index contributed by atoms with van der Waals surface area (Å²) >= 11 is 0. The maximum atomic E-state index is 13.3. The second-order valence-corrected chi connectivity index (χ2v) is 18.8. The summed E-state index contributed by atoms with van der Waals surface area (Å²) in [5, 5.41) is 18.5. The van der Waals surface area contributed by atoms with Crippen LogP contribution in [-0.4, -0.2) is 93.1 Å². The Morgan fingerprint density at radius 3 is 1.38 bits per heavy atom. The first-order valence-corrected chi connectivity index (χ1v) is 24.5. The standard InChI is InChI=1S/C28H37NO4.C21H27BN2O4.C7H15NO2.ClH/c1-19(2)16-24(28(32)33-5)18-26(30)25(17-22-12-8-6-9-13-22)29-27(31)21(4)20(3)23-14-10-7-11-15-23;1-15(17-12-8-5-9-13-17)19(24-22(2)27)20(25)23-18(21(26)28-3)14-16-10-6-4-7-11-16;1-5(2)4-6(8)7(9)10-3;/h6-15,19-21,24-25H,16-18H2,1-5H3,(H,29,31);4-13,15,18-19,24,27H,14H2,1-3H3,(H,23,25);5-6H,4,8H2,1-3H3;1H/t20-,21+,24-,25+;15-,18-,19-;6-;/m011./s1. The molecule has 4 aromatic carbocycles. The molecule has 0 aromatic heterocycles. The van der Waals surface area contributed by atoms with Crippen LogP contribution < -0.4 is 21.6 Å². The van der Waals surface area contributed by atoms with Gasteiger partial charge in [-0.3, -0.25) is 24.0 Å². The van der Waals surface area contributed by atoms with E-state index in [1.807, 2.05) is 170 Å². The zero-order valence-electron chi connectivity index (χ0n) is 44.0. The van der Waals surface area contributed by atoms with E-state index in [2.05, 4.69) is 20.6 Å². The van der Waals surface area contributed by atoms with E-state index < -0.39 is 43.1 Å². The number of halogens is 1. The molecule has 0 radical (unpaired) electrons. The molecular weight excluding hydrogens is 935 g/mol. The Morgan fingerprint density at radius 1 is 0.556 bits per heavy atom.